The third-order valence-corrected chi connectivity index (χ3v) is 2.16. The summed E-state index contributed by atoms with van der Waals surface area (Å²) in [5.74, 6) is -0.117. The highest BCUT2D eigenvalue weighted by Crippen LogP contribution is 2.16. The van der Waals surface area contributed by atoms with Crippen molar-refractivity contribution in [2.45, 2.75) is 19.9 Å². The Morgan fingerprint density at radius 1 is 1.38 bits per heavy atom. The van der Waals surface area contributed by atoms with E-state index in [4.69, 9.17) is 0 Å². The SMILES string of the molecule is CC(C)N(C(=O)CNC=O)c1ccccc1. The molecule has 0 aliphatic carbocycles. The zero-order valence-electron chi connectivity index (χ0n) is 9.51. The highest BCUT2D eigenvalue weighted by atomic mass is 16.2. The molecule has 0 aliphatic heterocycles. The molecule has 0 radical (unpaired) electrons. The Morgan fingerprint density at radius 2 is 2.00 bits per heavy atom. The van der Waals surface area contributed by atoms with Gasteiger partial charge in [0.15, 0.2) is 0 Å². The van der Waals surface area contributed by atoms with Crippen LogP contribution in [0.5, 0.6) is 0 Å². The number of benzene rings is 1. The van der Waals surface area contributed by atoms with Gasteiger partial charge in [0.25, 0.3) is 0 Å². The minimum atomic E-state index is -0.117. The lowest BCUT2D eigenvalue weighted by molar-refractivity contribution is -0.120. The lowest BCUT2D eigenvalue weighted by Gasteiger charge is -2.26. The predicted molar refractivity (Wildman–Crippen MR) is 63.1 cm³/mol. The predicted octanol–water partition coefficient (Wildman–Crippen LogP) is 1.17. The molecule has 86 valence electrons. The van der Waals surface area contributed by atoms with Gasteiger partial charge in [0.05, 0.1) is 6.54 Å². The summed E-state index contributed by atoms with van der Waals surface area (Å²) in [4.78, 5) is 23.7. The van der Waals surface area contributed by atoms with E-state index in [9.17, 15) is 9.59 Å². The van der Waals surface area contributed by atoms with Crippen LogP contribution in [0.15, 0.2) is 30.3 Å². The van der Waals surface area contributed by atoms with Crippen LogP contribution < -0.4 is 10.2 Å². The van der Waals surface area contributed by atoms with Gasteiger partial charge >= 0.3 is 0 Å². The number of hydrogen-bond donors (Lipinski definition) is 1. The van der Waals surface area contributed by atoms with Crippen LogP contribution in [0, 0.1) is 0 Å². The molecule has 2 amide bonds. The Morgan fingerprint density at radius 3 is 2.50 bits per heavy atom. The van der Waals surface area contributed by atoms with Gasteiger partial charge in [-0.3, -0.25) is 9.59 Å². The molecule has 0 atom stereocenters. The van der Waals surface area contributed by atoms with Crippen molar-refractivity contribution in [1.29, 1.82) is 0 Å². The number of nitrogens with zero attached hydrogens (tertiary/aromatic N) is 1. The lowest BCUT2D eigenvalue weighted by atomic mass is 10.2. The largest absolute Gasteiger partial charge is 0.350 e. The van der Waals surface area contributed by atoms with Gasteiger partial charge in [0.2, 0.25) is 12.3 Å². The van der Waals surface area contributed by atoms with Gasteiger partial charge in [-0.15, -0.1) is 0 Å². The molecule has 1 N–H and O–H groups in total. The first-order valence-corrected chi connectivity index (χ1v) is 5.21. The molecule has 0 heterocycles. The van der Waals surface area contributed by atoms with E-state index < -0.39 is 0 Å². The van der Waals surface area contributed by atoms with Crippen LogP contribution in [0.3, 0.4) is 0 Å². The second kappa shape index (κ2) is 5.90. The normalized spacial score (nSPS) is 9.94. The van der Waals surface area contributed by atoms with Gasteiger partial charge in [0, 0.05) is 11.7 Å². The van der Waals surface area contributed by atoms with Crippen molar-refractivity contribution in [2.75, 3.05) is 11.4 Å². The fourth-order valence-corrected chi connectivity index (χ4v) is 1.53. The quantitative estimate of drug-likeness (QED) is 0.757. The van der Waals surface area contributed by atoms with E-state index >= 15 is 0 Å². The average Bonchev–Trinajstić information content (AvgIpc) is 2.27. The van der Waals surface area contributed by atoms with Gasteiger partial charge in [-0.05, 0) is 26.0 Å². The first-order chi connectivity index (χ1) is 7.66. The highest BCUT2D eigenvalue weighted by Gasteiger charge is 2.17. The second-order valence-electron chi connectivity index (χ2n) is 3.69. The standard InChI is InChI=1S/C12H16N2O2/c1-10(2)14(12(16)8-13-9-15)11-6-4-3-5-7-11/h3-7,9-10H,8H2,1-2H3,(H,13,15). The maximum atomic E-state index is 11.8. The monoisotopic (exact) mass is 220 g/mol. The summed E-state index contributed by atoms with van der Waals surface area (Å²) in [6, 6.07) is 9.47. The van der Waals surface area contributed by atoms with E-state index in [1.54, 1.807) is 4.90 Å². The van der Waals surface area contributed by atoms with Crippen LogP contribution in [0.25, 0.3) is 0 Å². The number of nitrogens with one attached hydrogen (secondary N) is 1. The summed E-state index contributed by atoms with van der Waals surface area (Å²) in [5.41, 5.74) is 0.843. The Bertz CT molecular complexity index is 349. The number of anilines is 1. The molecule has 0 spiro atoms. The Kier molecular flexibility index (Phi) is 4.51. The average molecular weight is 220 g/mol. The molecule has 1 rings (SSSR count). The molecule has 1 aromatic rings. The third-order valence-electron chi connectivity index (χ3n) is 2.16. The van der Waals surface area contributed by atoms with Crippen molar-refractivity contribution in [3.05, 3.63) is 30.3 Å². The van der Waals surface area contributed by atoms with Crippen LogP contribution in [0.2, 0.25) is 0 Å². The molecular weight excluding hydrogens is 204 g/mol. The van der Waals surface area contributed by atoms with E-state index in [1.807, 2.05) is 44.2 Å². The fraction of sp³-hybridized carbons (Fsp3) is 0.333. The van der Waals surface area contributed by atoms with Crippen LogP contribution in [-0.2, 0) is 9.59 Å². The summed E-state index contributed by atoms with van der Waals surface area (Å²) in [6.45, 7) is 3.90. The summed E-state index contributed by atoms with van der Waals surface area (Å²) in [5, 5.41) is 2.38. The molecule has 0 saturated carbocycles. The smallest absolute Gasteiger partial charge is 0.246 e. The van der Waals surface area contributed by atoms with Crippen molar-refractivity contribution in [1.82, 2.24) is 5.32 Å². The van der Waals surface area contributed by atoms with Gasteiger partial charge in [0.1, 0.15) is 0 Å². The minimum Gasteiger partial charge on any atom is -0.350 e. The topological polar surface area (TPSA) is 49.4 Å². The van der Waals surface area contributed by atoms with Crippen LogP contribution in [-0.4, -0.2) is 24.9 Å². The number of carbonyl (C=O) groups excluding carboxylic acids is 2. The number of amides is 2. The van der Waals surface area contributed by atoms with E-state index in [1.165, 1.54) is 0 Å². The van der Waals surface area contributed by atoms with E-state index in [0.717, 1.165) is 5.69 Å². The van der Waals surface area contributed by atoms with Gasteiger partial charge in [-0.25, -0.2) is 0 Å². The molecule has 16 heavy (non-hydrogen) atoms. The summed E-state index contributed by atoms with van der Waals surface area (Å²) >= 11 is 0. The zero-order chi connectivity index (χ0) is 12.0. The highest BCUT2D eigenvalue weighted by molar-refractivity contribution is 5.95. The van der Waals surface area contributed by atoms with Crippen molar-refractivity contribution in [3.8, 4) is 0 Å². The first-order valence-electron chi connectivity index (χ1n) is 5.21. The molecular formula is C12H16N2O2. The van der Waals surface area contributed by atoms with E-state index in [0.29, 0.717) is 6.41 Å². The van der Waals surface area contributed by atoms with E-state index in [2.05, 4.69) is 5.32 Å². The number of carbonyl (C=O) groups is 2. The molecule has 0 fully saturated rings. The van der Waals surface area contributed by atoms with Crippen LogP contribution in [0.4, 0.5) is 5.69 Å². The van der Waals surface area contributed by atoms with Crippen LogP contribution in [0.1, 0.15) is 13.8 Å². The van der Waals surface area contributed by atoms with Crippen molar-refractivity contribution >= 4 is 18.0 Å². The molecule has 0 aliphatic rings. The van der Waals surface area contributed by atoms with Gasteiger partial charge in [-0.2, -0.15) is 0 Å². The molecule has 4 nitrogen and oxygen atoms in total. The maximum absolute atomic E-state index is 11.8. The number of hydrogen-bond acceptors (Lipinski definition) is 2. The summed E-state index contributed by atoms with van der Waals surface area (Å²) in [7, 11) is 0. The number of para-hydroxylation sites is 1. The van der Waals surface area contributed by atoms with Gasteiger partial charge < -0.3 is 10.2 Å². The summed E-state index contributed by atoms with van der Waals surface area (Å²) in [6.07, 6.45) is 0.529. The Balaban J connectivity index is 2.83. The Labute approximate surface area is 95.3 Å². The summed E-state index contributed by atoms with van der Waals surface area (Å²) < 4.78 is 0. The first kappa shape index (κ1) is 12.2. The van der Waals surface area contributed by atoms with E-state index in [-0.39, 0.29) is 18.5 Å². The minimum absolute atomic E-state index is 0.0244. The van der Waals surface area contributed by atoms with Crippen molar-refractivity contribution in [2.24, 2.45) is 0 Å². The van der Waals surface area contributed by atoms with Crippen molar-refractivity contribution < 1.29 is 9.59 Å². The molecule has 1 aromatic carbocycles. The zero-order valence-corrected chi connectivity index (χ0v) is 9.51. The van der Waals surface area contributed by atoms with Crippen LogP contribution >= 0.6 is 0 Å². The molecule has 0 aromatic heterocycles. The lowest BCUT2D eigenvalue weighted by Crippen LogP contribution is -2.42. The fourth-order valence-electron chi connectivity index (χ4n) is 1.53. The molecule has 0 saturated heterocycles. The number of rotatable bonds is 5. The molecule has 0 bridgehead atoms. The molecule has 4 heteroatoms. The van der Waals surface area contributed by atoms with Gasteiger partial charge in [-0.1, -0.05) is 18.2 Å². The van der Waals surface area contributed by atoms with Crippen molar-refractivity contribution in [3.63, 3.8) is 0 Å². The third kappa shape index (κ3) is 3.08. The maximum Gasteiger partial charge on any atom is 0.246 e. The second-order valence-corrected chi connectivity index (χ2v) is 3.69. The molecule has 0 unspecified atom stereocenters. The Hall–Kier alpha value is -1.84.